The lowest BCUT2D eigenvalue weighted by atomic mass is 9.95. The van der Waals surface area contributed by atoms with Gasteiger partial charge in [0.15, 0.2) is 0 Å². The first-order chi connectivity index (χ1) is 5.13. The van der Waals surface area contributed by atoms with Gasteiger partial charge in [-0.15, -0.1) is 0 Å². The van der Waals surface area contributed by atoms with Gasteiger partial charge in [0.25, 0.3) is 0 Å². The first kappa shape index (κ1) is 8.75. The standard InChI is InChI=1S/C9H17NO/c1-6(2)8(10)9-7(3)4-5-11-9/h7-9H,1,4-5,10H2,2-3H3. The molecule has 1 aliphatic heterocycles. The van der Waals surface area contributed by atoms with Crippen LogP contribution in [-0.2, 0) is 4.74 Å². The summed E-state index contributed by atoms with van der Waals surface area (Å²) >= 11 is 0. The Morgan fingerprint density at radius 3 is 2.73 bits per heavy atom. The van der Waals surface area contributed by atoms with Gasteiger partial charge < -0.3 is 10.5 Å². The van der Waals surface area contributed by atoms with E-state index in [9.17, 15) is 0 Å². The molecule has 1 rings (SSSR count). The van der Waals surface area contributed by atoms with E-state index in [4.69, 9.17) is 10.5 Å². The van der Waals surface area contributed by atoms with Gasteiger partial charge >= 0.3 is 0 Å². The largest absolute Gasteiger partial charge is 0.376 e. The predicted molar refractivity (Wildman–Crippen MR) is 46.3 cm³/mol. The van der Waals surface area contributed by atoms with Crippen LogP contribution < -0.4 is 5.73 Å². The van der Waals surface area contributed by atoms with Crippen molar-refractivity contribution in [3.8, 4) is 0 Å². The van der Waals surface area contributed by atoms with Gasteiger partial charge in [-0.3, -0.25) is 0 Å². The second kappa shape index (κ2) is 3.37. The van der Waals surface area contributed by atoms with Crippen LogP contribution in [0, 0.1) is 5.92 Å². The topological polar surface area (TPSA) is 35.2 Å². The monoisotopic (exact) mass is 155 g/mol. The summed E-state index contributed by atoms with van der Waals surface area (Å²) in [7, 11) is 0. The van der Waals surface area contributed by atoms with Crippen molar-refractivity contribution in [1.82, 2.24) is 0 Å². The summed E-state index contributed by atoms with van der Waals surface area (Å²) in [5.41, 5.74) is 6.91. The van der Waals surface area contributed by atoms with E-state index in [0.29, 0.717) is 5.92 Å². The average molecular weight is 155 g/mol. The zero-order chi connectivity index (χ0) is 8.43. The third-order valence-corrected chi connectivity index (χ3v) is 2.37. The van der Waals surface area contributed by atoms with Gasteiger partial charge in [-0.25, -0.2) is 0 Å². The van der Waals surface area contributed by atoms with Gasteiger partial charge in [-0.2, -0.15) is 0 Å². The van der Waals surface area contributed by atoms with E-state index in [1.807, 2.05) is 6.92 Å². The smallest absolute Gasteiger partial charge is 0.0790 e. The summed E-state index contributed by atoms with van der Waals surface area (Å²) < 4.78 is 5.50. The summed E-state index contributed by atoms with van der Waals surface area (Å²) in [4.78, 5) is 0. The number of ether oxygens (including phenoxy) is 1. The number of hydrogen-bond acceptors (Lipinski definition) is 2. The Morgan fingerprint density at radius 2 is 2.36 bits per heavy atom. The molecule has 2 N–H and O–H groups in total. The fraction of sp³-hybridized carbons (Fsp3) is 0.778. The molecule has 1 aliphatic rings. The van der Waals surface area contributed by atoms with Gasteiger partial charge in [-0.05, 0) is 19.3 Å². The highest BCUT2D eigenvalue weighted by atomic mass is 16.5. The highest BCUT2D eigenvalue weighted by Crippen LogP contribution is 2.24. The van der Waals surface area contributed by atoms with E-state index >= 15 is 0 Å². The van der Waals surface area contributed by atoms with Crippen LogP contribution in [0.25, 0.3) is 0 Å². The molecule has 0 spiro atoms. The van der Waals surface area contributed by atoms with E-state index in [0.717, 1.165) is 18.6 Å². The maximum absolute atomic E-state index is 5.89. The van der Waals surface area contributed by atoms with Crippen LogP contribution >= 0.6 is 0 Å². The van der Waals surface area contributed by atoms with Gasteiger partial charge in [-0.1, -0.05) is 19.1 Å². The van der Waals surface area contributed by atoms with E-state index in [1.54, 1.807) is 0 Å². The van der Waals surface area contributed by atoms with E-state index in [-0.39, 0.29) is 12.1 Å². The molecule has 0 aromatic carbocycles. The highest BCUT2D eigenvalue weighted by Gasteiger charge is 2.29. The zero-order valence-electron chi connectivity index (χ0n) is 7.34. The third-order valence-electron chi connectivity index (χ3n) is 2.37. The molecule has 1 fully saturated rings. The molecule has 0 aliphatic carbocycles. The average Bonchev–Trinajstić information content (AvgIpc) is 2.33. The molecule has 0 aromatic rings. The molecule has 11 heavy (non-hydrogen) atoms. The molecular weight excluding hydrogens is 138 g/mol. The number of nitrogens with two attached hydrogens (primary N) is 1. The normalized spacial score (nSPS) is 33.7. The molecule has 2 heteroatoms. The van der Waals surface area contributed by atoms with Gasteiger partial charge in [0.05, 0.1) is 12.1 Å². The molecular formula is C9H17NO. The molecule has 64 valence electrons. The first-order valence-corrected chi connectivity index (χ1v) is 4.15. The Balaban J connectivity index is 2.52. The lowest BCUT2D eigenvalue weighted by molar-refractivity contribution is 0.0816. The summed E-state index contributed by atoms with van der Waals surface area (Å²) in [6.45, 7) is 8.82. The second-order valence-electron chi connectivity index (χ2n) is 3.47. The molecule has 1 saturated heterocycles. The van der Waals surface area contributed by atoms with Crippen LogP contribution in [0.5, 0.6) is 0 Å². The van der Waals surface area contributed by atoms with Gasteiger partial charge in [0, 0.05) is 6.61 Å². The quantitative estimate of drug-likeness (QED) is 0.610. The van der Waals surface area contributed by atoms with Gasteiger partial charge in [0.2, 0.25) is 0 Å². The van der Waals surface area contributed by atoms with E-state index in [1.165, 1.54) is 0 Å². The minimum absolute atomic E-state index is 0.0208. The maximum atomic E-state index is 5.89. The Kier molecular flexibility index (Phi) is 2.68. The number of hydrogen-bond donors (Lipinski definition) is 1. The molecule has 0 radical (unpaired) electrons. The fourth-order valence-electron chi connectivity index (χ4n) is 1.46. The summed E-state index contributed by atoms with van der Waals surface area (Å²) in [5, 5.41) is 0. The Labute approximate surface area is 68.4 Å². The van der Waals surface area contributed by atoms with Crippen molar-refractivity contribution in [2.45, 2.75) is 32.4 Å². The van der Waals surface area contributed by atoms with Crippen molar-refractivity contribution >= 4 is 0 Å². The van der Waals surface area contributed by atoms with Crippen LogP contribution in [0.1, 0.15) is 20.3 Å². The minimum Gasteiger partial charge on any atom is -0.376 e. The highest BCUT2D eigenvalue weighted by molar-refractivity contribution is 5.05. The molecule has 0 saturated carbocycles. The Hall–Kier alpha value is -0.340. The van der Waals surface area contributed by atoms with Crippen molar-refractivity contribution in [3.63, 3.8) is 0 Å². The lowest BCUT2D eigenvalue weighted by Gasteiger charge is -2.22. The van der Waals surface area contributed by atoms with Crippen LogP contribution in [0.15, 0.2) is 12.2 Å². The minimum atomic E-state index is 0.0208. The van der Waals surface area contributed by atoms with E-state index in [2.05, 4.69) is 13.5 Å². The molecule has 1 heterocycles. The van der Waals surface area contributed by atoms with Crippen molar-refractivity contribution in [2.75, 3.05) is 6.61 Å². The third kappa shape index (κ3) is 1.82. The van der Waals surface area contributed by atoms with Crippen molar-refractivity contribution < 1.29 is 4.74 Å². The fourth-order valence-corrected chi connectivity index (χ4v) is 1.46. The zero-order valence-corrected chi connectivity index (χ0v) is 7.34. The summed E-state index contributed by atoms with van der Waals surface area (Å²) in [6.07, 6.45) is 1.33. The SMILES string of the molecule is C=C(C)C(N)C1OCCC1C. The first-order valence-electron chi connectivity index (χ1n) is 4.15. The molecule has 0 amide bonds. The molecule has 0 bridgehead atoms. The number of rotatable bonds is 2. The predicted octanol–water partition coefficient (Wildman–Crippen LogP) is 1.31. The Bertz CT molecular complexity index is 156. The summed E-state index contributed by atoms with van der Waals surface area (Å²) in [5.74, 6) is 0.585. The second-order valence-corrected chi connectivity index (χ2v) is 3.47. The van der Waals surface area contributed by atoms with Crippen LogP contribution in [0.3, 0.4) is 0 Å². The molecule has 0 aromatic heterocycles. The van der Waals surface area contributed by atoms with Crippen LogP contribution in [0.2, 0.25) is 0 Å². The summed E-state index contributed by atoms with van der Waals surface area (Å²) in [6, 6.07) is 0.0208. The van der Waals surface area contributed by atoms with Crippen molar-refractivity contribution in [3.05, 3.63) is 12.2 Å². The van der Waals surface area contributed by atoms with Crippen molar-refractivity contribution in [2.24, 2.45) is 11.7 Å². The lowest BCUT2D eigenvalue weighted by Crippen LogP contribution is -2.38. The van der Waals surface area contributed by atoms with Crippen molar-refractivity contribution in [1.29, 1.82) is 0 Å². The van der Waals surface area contributed by atoms with E-state index < -0.39 is 0 Å². The molecule has 2 nitrogen and oxygen atoms in total. The maximum Gasteiger partial charge on any atom is 0.0790 e. The van der Waals surface area contributed by atoms with Crippen LogP contribution in [0.4, 0.5) is 0 Å². The van der Waals surface area contributed by atoms with Crippen LogP contribution in [-0.4, -0.2) is 18.8 Å². The molecule has 3 atom stereocenters. The Morgan fingerprint density at radius 1 is 1.73 bits per heavy atom. The molecule has 3 unspecified atom stereocenters. The van der Waals surface area contributed by atoms with Gasteiger partial charge in [0.1, 0.15) is 0 Å².